The van der Waals surface area contributed by atoms with E-state index < -0.39 is 16.6 Å². The third kappa shape index (κ3) is 3.35. The molecule has 2 rings (SSSR count). The molecule has 1 saturated heterocycles. The Labute approximate surface area is 120 Å². The Morgan fingerprint density at radius 1 is 1.52 bits per heavy atom. The van der Waals surface area contributed by atoms with Crippen LogP contribution in [0.5, 0.6) is 0 Å². The van der Waals surface area contributed by atoms with Crippen molar-refractivity contribution in [3.63, 3.8) is 0 Å². The van der Waals surface area contributed by atoms with Crippen LogP contribution in [0, 0.1) is 10.1 Å². The minimum atomic E-state index is -1.33. The first-order chi connectivity index (χ1) is 10.0. The minimum absolute atomic E-state index is 0.114. The van der Waals surface area contributed by atoms with E-state index in [2.05, 4.69) is 0 Å². The molecular formula is C13H16N2O6. The van der Waals surface area contributed by atoms with Gasteiger partial charge in [0.05, 0.1) is 30.8 Å². The summed E-state index contributed by atoms with van der Waals surface area (Å²) >= 11 is 0. The topological polar surface area (TPSA) is 113 Å². The highest BCUT2D eigenvalue weighted by Crippen LogP contribution is 2.24. The predicted molar refractivity (Wildman–Crippen MR) is 72.2 cm³/mol. The molecule has 1 aromatic carbocycles. The average molecular weight is 296 g/mol. The maximum absolute atomic E-state index is 11.3. The summed E-state index contributed by atoms with van der Waals surface area (Å²) in [5, 5.41) is 29.5. The Balaban J connectivity index is 2.32. The van der Waals surface area contributed by atoms with Crippen molar-refractivity contribution < 1.29 is 24.7 Å². The highest BCUT2D eigenvalue weighted by Gasteiger charge is 2.27. The maximum Gasteiger partial charge on any atom is 0.343 e. The lowest BCUT2D eigenvalue weighted by Gasteiger charge is -2.34. The van der Waals surface area contributed by atoms with Crippen LogP contribution in [0.25, 0.3) is 0 Å². The number of carboxylic acids is 1. The zero-order chi connectivity index (χ0) is 15.4. The second kappa shape index (κ2) is 6.61. The fourth-order valence-corrected chi connectivity index (χ4v) is 2.40. The van der Waals surface area contributed by atoms with Gasteiger partial charge in [0.1, 0.15) is 5.56 Å². The summed E-state index contributed by atoms with van der Waals surface area (Å²) in [5.74, 6) is -1.33. The standard InChI is InChI=1S/C13H16N2O6/c16-7-10-8-21-5-4-14(10)6-9-2-1-3-11(15(19)20)12(9)13(17)18/h1-3,10,16H,4-8H2,(H,17,18). The van der Waals surface area contributed by atoms with E-state index in [4.69, 9.17) is 4.74 Å². The van der Waals surface area contributed by atoms with E-state index in [0.29, 0.717) is 25.3 Å². The van der Waals surface area contributed by atoms with E-state index in [-0.39, 0.29) is 24.8 Å². The van der Waals surface area contributed by atoms with Gasteiger partial charge in [0, 0.05) is 19.2 Å². The molecule has 1 aliphatic rings. The van der Waals surface area contributed by atoms with Crippen molar-refractivity contribution in [1.29, 1.82) is 0 Å². The van der Waals surface area contributed by atoms with Gasteiger partial charge >= 0.3 is 5.97 Å². The smallest absolute Gasteiger partial charge is 0.343 e. The first-order valence-corrected chi connectivity index (χ1v) is 6.46. The zero-order valence-electron chi connectivity index (χ0n) is 11.3. The molecule has 1 heterocycles. The van der Waals surface area contributed by atoms with Gasteiger partial charge < -0.3 is 14.9 Å². The van der Waals surface area contributed by atoms with E-state index in [0.717, 1.165) is 0 Å². The molecule has 1 aliphatic heterocycles. The number of nitrogens with zero attached hydrogens (tertiary/aromatic N) is 2. The fourth-order valence-electron chi connectivity index (χ4n) is 2.40. The molecule has 0 amide bonds. The third-order valence-corrected chi connectivity index (χ3v) is 3.47. The molecule has 2 N–H and O–H groups in total. The molecule has 1 fully saturated rings. The molecule has 21 heavy (non-hydrogen) atoms. The molecule has 8 nitrogen and oxygen atoms in total. The van der Waals surface area contributed by atoms with E-state index in [1.807, 2.05) is 4.90 Å². The van der Waals surface area contributed by atoms with Crippen LogP contribution in [0.4, 0.5) is 5.69 Å². The molecule has 1 atom stereocenters. The molecule has 0 bridgehead atoms. The number of aliphatic hydroxyl groups excluding tert-OH is 1. The van der Waals surface area contributed by atoms with Gasteiger partial charge in [-0.25, -0.2) is 4.79 Å². The summed E-state index contributed by atoms with van der Waals surface area (Å²) < 4.78 is 5.25. The number of benzene rings is 1. The zero-order valence-corrected chi connectivity index (χ0v) is 11.3. The quantitative estimate of drug-likeness (QED) is 0.600. The summed E-state index contributed by atoms with van der Waals surface area (Å²) in [6, 6.07) is 3.96. The second-order valence-electron chi connectivity index (χ2n) is 4.76. The van der Waals surface area contributed by atoms with Gasteiger partial charge in [0.2, 0.25) is 0 Å². The number of nitro benzene ring substituents is 1. The number of aliphatic hydroxyl groups is 1. The molecule has 1 aromatic rings. The van der Waals surface area contributed by atoms with Crippen molar-refractivity contribution in [1.82, 2.24) is 4.90 Å². The highest BCUT2D eigenvalue weighted by atomic mass is 16.6. The SMILES string of the molecule is O=C(O)c1c(CN2CCOCC2CO)cccc1[N+](=O)[O-]. The normalized spacial score (nSPS) is 19.4. The van der Waals surface area contributed by atoms with Gasteiger partial charge in [-0.1, -0.05) is 12.1 Å². The van der Waals surface area contributed by atoms with Crippen molar-refractivity contribution in [2.45, 2.75) is 12.6 Å². The number of nitro groups is 1. The van der Waals surface area contributed by atoms with Crippen LogP contribution in [0.2, 0.25) is 0 Å². The van der Waals surface area contributed by atoms with Crippen molar-refractivity contribution in [2.24, 2.45) is 0 Å². The number of ether oxygens (including phenoxy) is 1. The van der Waals surface area contributed by atoms with Gasteiger partial charge in [-0.05, 0) is 5.56 Å². The average Bonchev–Trinajstić information content (AvgIpc) is 2.47. The maximum atomic E-state index is 11.3. The van der Waals surface area contributed by atoms with Crippen molar-refractivity contribution in [3.8, 4) is 0 Å². The lowest BCUT2D eigenvalue weighted by Crippen LogP contribution is -2.47. The van der Waals surface area contributed by atoms with Crippen LogP contribution in [0.15, 0.2) is 18.2 Å². The molecule has 8 heteroatoms. The van der Waals surface area contributed by atoms with Crippen LogP contribution >= 0.6 is 0 Å². The van der Waals surface area contributed by atoms with E-state index in [1.54, 1.807) is 6.07 Å². The molecular weight excluding hydrogens is 280 g/mol. The van der Waals surface area contributed by atoms with Crippen molar-refractivity contribution in [3.05, 3.63) is 39.4 Å². The molecule has 0 saturated carbocycles. The Kier molecular flexibility index (Phi) is 4.84. The lowest BCUT2D eigenvalue weighted by molar-refractivity contribution is -0.385. The van der Waals surface area contributed by atoms with Gasteiger partial charge in [0.25, 0.3) is 5.69 Å². The Bertz CT molecular complexity index is 547. The van der Waals surface area contributed by atoms with Gasteiger partial charge in [-0.15, -0.1) is 0 Å². The van der Waals surface area contributed by atoms with Crippen LogP contribution in [-0.4, -0.2) is 58.4 Å². The second-order valence-corrected chi connectivity index (χ2v) is 4.76. The fraction of sp³-hybridized carbons (Fsp3) is 0.462. The molecule has 1 unspecified atom stereocenters. The Morgan fingerprint density at radius 3 is 2.90 bits per heavy atom. The Morgan fingerprint density at radius 2 is 2.29 bits per heavy atom. The summed E-state index contributed by atoms with van der Waals surface area (Å²) in [5.41, 5.74) is -0.364. The van der Waals surface area contributed by atoms with E-state index >= 15 is 0 Å². The Hall–Kier alpha value is -2.03. The van der Waals surface area contributed by atoms with Crippen LogP contribution in [0.1, 0.15) is 15.9 Å². The monoisotopic (exact) mass is 296 g/mol. The number of hydrogen-bond acceptors (Lipinski definition) is 6. The largest absolute Gasteiger partial charge is 0.477 e. The molecule has 0 aliphatic carbocycles. The predicted octanol–water partition coefficient (Wildman–Crippen LogP) is 0.486. The van der Waals surface area contributed by atoms with Crippen LogP contribution < -0.4 is 0 Å². The summed E-state index contributed by atoms with van der Waals surface area (Å²) in [7, 11) is 0. The summed E-state index contributed by atoms with van der Waals surface area (Å²) in [6.45, 7) is 1.48. The van der Waals surface area contributed by atoms with Gasteiger partial charge in [-0.2, -0.15) is 0 Å². The number of carbonyl (C=O) groups is 1. The molecule has 114 valence electrons. The van der Waals surface area contributed by atoms with Crippen LogP contribution in [0.3, 0.4) is 0 Å². The minimum Gasteiger partial charge on any atom is -0.477 e. The van der Waals surface area contributed by atoms with Crippen LogP contribution in [-0.2, 0) is 11.3 Å². The van der Waals surface area contributed by atoms with Gasteiger partial charge in [0.15, 0.2) is 0 Å². The number of hydrogen-bond donors (Lipinski definition) is 2. The first kappa shape index (κ1) is 15.4. The number of rotatable bonds is 5. The highest BCUT2D eigenvalue weighted by molar-refractivity contribution is 5.94. The molecule has 0 spiro atoms. The number of aromatic carboxylic acids is 1. The number of carboxylic acid groups (broad SMARTS) is 1. The first-order valence-electron chi connectivity index (χ1n) is 6.46. The lowest BCUT2D eigenvalue weighted by atomic mass is 10.0. The van der Waals surface area contributed by atoms with E-state index in [1.165, 1.54) is 12.1 Å². The third-order valence-electron chi connectivity index (χ3n) is 3.47. The van der Waals surface area contributed by atoms with E-state index in [9.17, 15) is 25.1 Å². The van der Waals surface area contributed by atoms with Crippen molar-refractivity contribution >= 4 is 11.7 Å². The molecule has 0 radical (unpaired) electrons. The summed E-state index contributed by atoms with van der Waals surface area (Å²) in [6.07, 6.45) is 0. The van der Waals surface area contributed by atoms with Gasteiger partial charge in [-0.3, -0.25) is 15.0 Å². The van der Waals surface area contributed by atoms with Crippen molar-refractivity contribution in [2.75, 3.05) is 26.4 Å². The molecule has 0 aromatic heterocycles. The summed E-state index contributed by atoms with van der Waals surface area (Å²) in [4.78, 5) is 23.5. The number of morpholine rings is 1.